The Labute approximate surface area is 197 Å². The lowest BCUT2D eigenvalue weighted by Gasteiger charge is -2.12. The van der Waals surface area contributed by atoms with Crippen molar-refractivity contribution < 1.29 is 17.9 Å². The van der Waals surface area contributed by atoms with Crippen molar-refractivity contribution >= 4 is 32.5 Å². The molecule has 0 unspecified atom stereocenters. The number of carbonyl (C=O) groups excluding carboxylic acids is 1. The minimum atomic E-state index is -3.12. The Morgan fingerprint density at radius 1 is 1.12 bits per heavy atom. The number of anilines is 1. The molecule has 2 aromatic carbocycles. The van der Waals surface area contributed by atoms with E-state index < -0.39 is 9.84 Å². The van der Waals surface area contributed by atoms with E-state index in [-0.39, 0.29) is 23.5 Å². The van der Waals surface area contributed by atoms with Gasteiger partial charge in [-0.1, -0.05) is 18.2 Å². The number of aryl methyl sites for hydroxylation is 1. The van der Waals surface area contributed by atoms with Crippen LogP contribution in [-0.4, -0.2) is 47.7 Å². The number of fused-ring (bicyclic) bond motifs is 1. The van der Waals surface area contributed by atoms with Crippen LogP contribution in [0.2, 0.25) is 0 Å². The highest BCUT2D eigenvalue weighted by Gasteiger charge is 2.32. The van der Waals surface area contributed by atoms with Gasteiger partial charge in [0.1, 0.15) is 5.75 Å². The second-order valence-electron chi connectivity index (χ2n) is 8.39. The van der Waals surface area contributed by atoms with Gasteiger partial charge in [-0.2, -0.15) is 5.10 Å². The minimum Gasteiger partial charge on any atom is -0.497 e. The van der Waals surface area contributed by atoms with E-state index >= 15 is 0 Å². The number of benzene rings is 2. The number of methoxy groups -OCH3 is 1. The molecule has 3 heterocycles. The lowest BCUT2D eigenvalue weighted by Crippen LogP contribution is -2.15. The van der Waals surface area contributed by atoms with Crippen molar-refractivity contribution in [3.8, 4) is 17.0 Å². The van der Waals surface area contributed by atoms with Crippen LogP contribution in [0, 0.1) is 6.92 Å². The first-order valence-corrected chi connectivity index (χ1v) is 12.8. The van der Waals surface area contributed by atoms with Crippen molar-refractivity contribution in [3.63, 3.8) is 0 Å². The zero-order valence-corrected chi connectivity index (χ0v) is 19.7. The van der Waals surface area contributed by atoms with Gasteiger partial charge in [-0.3, -0.25) is 4.79 Å². The number of nitrogens with one attached hydrogen (secondary N) is 1. The summed E-state index contributed by atoms with van der Waals surface area (Å²) in [5.74, 6) is 0.569. The summed E-state index contributed by atoms with van der Waals surface area (Å²) >= 11 is 0. The number of aromatic nitrogens is 3. The molecule has 8 nitrogen and oxygen atoms in total. The summed E-state index contributed by atoms with van der Waals surface area (Å²) in [5.41, 5.74) is 3.65. The average Bonchev–Trinajstić information content (AvgIpc) is 3.37. The maximum Gasteiger partial charge on any atom is 0.256 e. The molecule has 1 saturated heterocycles. The maximum atomic E-state index is 13.4. The number of para-hydroxylation sites is 1. The molecule has 1 fully saturated rings. The fraction of sp³-hybridized carbons (Fsp3) is 0.240. The highest BCUT2D eigenvalue weighted by molar-refractivity contribution is 7.91. The molecule has 2 aromatic heterocycles. The molecular weight excluding hydrogens is 452 g/mol. The van der Waals surface area contributed by atoms with Crippen LogP contribution in [0.5, 0.6) is 5.75 Å². The molecule has 5 rings (SSSR count). The van der Waals surface area contributed by atoms with E-state index in [0.717, 1.165) is 5.56 Å². The molecule has 1 amide bonds. The number of hydrogen-bond acceptors (Lipinski definition) is 6. The van der Waals surface area contributed by atoms with E-state index in [2.05, 4.69) is 10.4 Å². The van der Waals surface area contributed by atoms with Gasteiger partial charge in [0.25, 0.3) is 5.91 Å². The summed E-state index contributed by atoms with van der Waals surface area (Å²) in [6, 6.07) is 18.1. The van der Waals surface area contributed by atoms with Crippen molar-refractivity contribution in [2.24, 2.45) is 0 Å². The number of rotatable bonds is 5. The van der Waals surface area contributed by atoms with Gasteiger partial charge in [0.05, 0.1) is 47.0 Å². The molecule has 0 bridgehead atoms. The zero-order valence-electron chi connectivity index (χ0n) is 18.9. The molecular formula is C25H24N4O4S. The first-order chi connectivity index (χ1) is 16.3. The quantitative estimate of drug-likeness (QED) is 0.467. The Balaban J connectivity index is 1.67. The monoisotopic (exact) mass is 476 g/mol. The topological polar surface area (TPSA) is 103 Å². The third-order valence-electron chi connectivity index (χ3n) is 6.05. The van der Waals surface area contributed by atoms with E-state index in [1.54, 1.807) is 17.9 Å². The van der Waals surface area contributed by atoms with E-state index in [4.69, 9.17) is 9.72 Å². The second-order valence-corrected chi connectivity index (χ2v) is 10.6. The Hall–Kier alpha value is -3.72. The number of hydrogen-bond donors (Lipinski definition) is 1. The predicted molar refractivity (Wildman–Crippen MR) is 131 cm³/mol. The van der Waals surface area contributed by atoms with Crippen molar-refractivity contribution in [2.45, 2.75) is 19.4 Å². The molecule has 9 heteroatoms. The van der Waals surface area contributed by atoms with Crippen molar-refractivity contribution in [2.75, 3.05) is 23.9 Å². The van der Waals surface area contributed by atoms with Crippen LogP contribution < -0.4 is 10.1 Å². The van der Waals surface area contributed by atoms with Crippen molar-refractivity contribution in [1.29, 1.82) is 0 Å². The predicted octanol–water partition coefficient (Wildman–Crippen LogP) is 4.03. The number of pyridine rings is 1. The number of nitrogens with zero attached hydrogens (tertiary/aromatic N) is 3. The third-order valence-corrected chi connectivity index (χ3v) is 7.80. The maximum absolute atomic E-state index is 13.4. The summed E-state index contributed by atoms with van der Waals surface area (Å²) in [7, 11) is -1.52. The van der Waals surface area contributed by atoms with Gasteiger partial charge in [-0.25, -0.2) is 18.1 Å². The Morgan fingerprint density at radius 2 is 1.85 bits per heavy atom. The van der Waals surface area contributed by atoms with Crippen LogP contribution in [0.4, 0.5) is 5.69 Å². The van der Waals surface area contributed by atoms with Gasteiger partial charge in [-0.15, -0.1) is 0 Å². The molecule has 34 heavy (non-hydrogen) atoms. The lowest BCUT2D eigenvalue weighted by molar-refractivity contribution is 0.102. The van der Waals surface area contributed by atoms with Crippen LogP contribution in [0.25, 0.3) is 22.3 Å². The van der Waals surface area contributed by atoms with Gasteiger partial charge in [-0.05, 0) is 55.8 Å². The first-order valence-electron chi connectivity index (χ1n) is 11.0. The standard InChI is InChI=1S/C25H24N4O4S/c1-16-23-21(25(30)26-18-6-4-3-5-7-18)14-22(17-8-10-20(33-2)11-9-17)27-24(23)29(28-16)19-12-13-34(31,32)15-19/h3-11,14,19H,12-13,15H2,1-2H3,(H,26,30)/t19-/m1/s1. The van der Waals surface area contributed by atoms with E-state index in [1.165, 1.54) is 0 Å². The smallest absolute Gasteiger partial charge is 0.256 e. The van der Waals surface area contributed by atoms with Crippen LogP contribution >= 0.6 is 0 Å². The summed E-state index contributed by atoms with van der Waals surface area (Å²) in [4.78, 5) is 18.3. The molecule has 0 aliphatic carbocycles. The summed E-state index contributed by atoms with van der Waals surface area (Å²) in [5, 5.41) is 8.21. The van der Waals surface area contributed by atoms with E-state index in [9.17, 15) is 13.2 Å². The third kappa shape index (κ3) is 4.14. The largest absolute Gasteiger partial charge is 0.497 e. The highest BCUT2D eigenvalue weighted by Crippen LogP contribution is 2.32. The van der Waals surface area contributed by atoms with Crippen LogP contribution in [0.3, 0.4) is 0 Å². The molecule has 1 aliphatic rings. The van der Waals surface area contributed by atoms with Crippen molar-refractivity contribution in [3.05, 3.63) is 71.9 Å². The molecule has 174 valence electrons. The molecule has 1 N–H and O–H groups in total. The molecule has 0 saturated carbocycles. The Bertz CT molecular complexity index is 1480. The van der Waals surface area contributed by atoms with Gasteiger partial charge >= 0.3 is 0 Å². The molecule has 0 spiro atoms. The molecule has 1 aliphatic heterocycles. The lowest BCUT2D eigenvalue weighted by atomic mass is 10.0. The van der Waals surface area contributed by atoms with Crippen LogP contribution in [0.1, 0.15) is 28.5 Å². The van der Waals surface area contributed by atoms with Gasteiger partial charge in [0, 0.05) is 11.3 Å². The molecule has 4 aromatic rings. The summed E-state index contributed by atoms with van der Waals surface area (Å²) < 4.78 is 31.2. The van der Waals surface area contributed by atoms with Crippen LogP contribution in [0.15, 0.2) is 60.7 Å². The number of carbonyl (C=O) groups is 1. The fourth-order valence-corrected chi connectivity index (χ4v) is 6.04. The second kappa shape index (κ2) is 8.57. The highest BCUT2D eigenvalue weighted by atomic mass is 32.2. The molecule has 1 atom stereocenters. The zero-order chi connectivity index (χ0) is 23.9. The van der Waals surface area contributed by atoms with Crippen LogP contribution in [-0.2, 0) is 9.84 Å². The van der Waals surface area contributed by atoms with Gasteiger partial charge < -0.3 is 10.1 Å². The van der Waals surface area contributed by atoms with Gasteiger partial charge in [0.15, 0.2) is 15.5 Å². The minimum absolute atomic E-state index is 0.0171. The van der Waals surface area contributed by atoms with Gasteiger partial charge in [0.2, 0.25) is 0 Å². The SMILES string of the molecule is COc1ccc(-c2cc(C(=O)Nc3ccccc3)c3c(C)nn([C@@H]4CCS(=O)(=O)C4)c3n2)cc1. The first kappa shape index (κ1) is 22.1. The Morgan fingerprint density at radius 3 is 2.50 bits per heavy atom. The van der Waals surface area contributed by atoms with E-state index in [0.29, 0.717) is 45.8 Å². The number of ether oxygens (including phenoxy) is 1. The number of amides is 1. The normalized spacial score (nSPS) is 17.1. The summed E-state index contributed by atoms with van der Waals surface area (Å²) in [6.07, 6.45) is 0.471. The Kier molecular flexibility index (Phi) is 5.57. The van der Waals surface area contributed by atoms with E-state index in [1.807, 2.05) is 61.5 Å². The number of sulfone groups is 1. The van der Waals surface area contributed by atoms with Crippen molar-refractivity contribution in [1.82, 2.24) is 14.8 Å². The fourth-order valence-electron chi connectivity index (χ4n) is 4.34. The average molecular weight is 477 g/mol. The molecule has 0 radical (unpaired) electrons. The summed E-state index contributed by atoms with van der Waals surface area (Å²) in [6.45, 7) is 1.82.